The first-order chi connectivity index (χ1) is 11.2. The van der Waals surface area contributed by atoms with E-state index in [-0.39, 0.29) is 5.91 Å². The molecule has 8 nitrogen and oxygen atoms in total. The van der Waals surface area contributed by atoms with Crippen molar-refractivity contribution in [3.05, 3.63) is 23.3 Å². The molecule has 1 saturated heterocycles. The zero-order chi connectivity index (χ0) is 16.1. The summed E-state index contributed by atoms with van der Waals surface area (Å²) in [4.78, 5) is 24.8. The van der Waals surface area contributed by atoms with Crippen LogP contribution in [0.5, 0.6) is 0 Å². The summed E-state index contributed by atoms with van der Waals surface area (Å²) in [6, 6.07) is 0. The third-order valence-corrected chi connectivity index (χ3v) is 4.35. The summed E-state index contributed by atoms with van der Waals surface area (Å²) in [5.74, 6) is 1.30. The van der Waals surface area contributed by atoms with Crippen molar-refractivity contribution in [1.82, 2.24) is 24.9 Å². The zero-order valence-corrected chi connectivity index (χ0v) is 13.9. The van der Waals surface area contributed by atoms with E-state index in [9.17, 15) is 4.79 Å². The second-order valence-electron chi connectivity index (χ2n) is 5.52. The largest absolute Gasteiger partial charge is 0.340 e. The number of aromatic nitrogens is 3. The number of hydrogen-bond donors (Lipinski definition) is 1. The summed E-state index contributed by atoms with van der Waals surface area (Å²) in [6.07, 6.45) is 2.70. The number of hydrogen-bond acceptors (Lipinski definition) is 8. The molecule has 0 unspecified atom stereocenters. The molecule has 3 heterocycles. The Hall–Kier alpha value is -1.84. The number of anilines is 1. The minimum absolute atomic E-state index is 0.0119. The van der Waals surface area contributed by atoms with Crippen molar-refractivity contribution in [1.29, 1.82) is 0 Å². The number of amides is 1. The van der Waals surface area contributed by atoms with Crippen LogP contribution in [0.15, 0.2) is 16.1 Å². The first-order valence-electron chi connectivity index (χ1n) is 7.62. The van der Waals surface area contributed by atoms with Gasteiger partial charge in [0.2, 0.25) is 11.8 Å². The molecule has 1 aliphatic rings. The fraction of sp³-hybridized carbons (Fsp3) is 0.571. The fourth-order valence-corrected chi connectivity index (χ4v) is 3.14. The van der Waals surface area contributed by atoms with Crippen LogP contribution in [0.1, 0.15) is 18.1 Å². The summed E-state index contributed by atoms with van der Waals surface area (Å²) in [6.45, 7) is 6.50. The Labute approximate surface area is 138 Å². The maximum absolute atomic E-state index is 12.0. The van der Waals surface area contributed by atoms with Gasteiger partial charge in [-0.2, -0.15) is 4.98 Å². The molecular formula is C14H20N6O2S. The second-order valence-corrected chi connectivity index (χ2v) is 6.42. The van der Waals surface area contributed by atoms with E-state index < -0.39 is 0 Å². The molecule has 1 amide bonds. The van der Waals surface area contributed by atoms with Crippen LogP contribution in [0.3, 0.4) is 0 Å². The molecule has 0 atom stereocenters. The fourth-order valence-electron chi connectivity index (χ4n) is 2.59. The highest BCUT2D eigenvalue weighted by Crippen LogP contribution is 2.11. The van der Waals surface area contributed by atoms with Crippen LogP contribution in [-0.2, 0) is 11.3 Å². The van der Waals surface area contributed by atoms with Crippen LogP contribution in [0.25, 0.3) is 0 Å². The molecule has 0 aliphatic carbocycles. The Bertz CT molecular complexity index is 629. The predicted octanol–water partition coefficient (Wildman–Crippen LogP) is 0.981. The van der Waals surface area contributed by atoms with E-state index in [1.54, 1.807) is 13.1 Å². The average molecular weight is 336 g/mol. The Morgan fingerprint density at radius 3 is 2.91 bits per heavy atom. The van der Waals surface area contributed by atoms with Crippen molar-refractivity contribution < 1.29 is 9.32 Å². The van der Waals surface area contributed by atoms with Crippen LogP contribution in [0, 0.1) is 6.92 Å². The molecular weight excluding hydrogens is 316 g/mol. The number of rotatable bonds is 5. The van der Waals surface area contributed by atoms with E-state index >= 15 is 0 Å². The van der Waals surface area contributed by atoms with Crippen LogP contribution in [-0.4, -0.2) is 63.6 Å². The molecule has 0 saturated carbocycles. The molecule has 2 aromatic rings. The van der Waals surface area contributed by atoms with E-state index in [0.717, 1.165) is 38.4 Å². The predicted molar refractivity (Wildman–Crippen MR) is 86.1 cm³/mol. The van der Waals surface area contributed by atoms with Gasteiger partial charge in [0.05, 0.1) is 13.1 Å². The van der Waals surface area contributed by atoms with Gasteiger partial charge in [0.25, 0.3) is 0 Å². The first-order valence-corrected chi connectivity index (χ1v) is 8.50. The number of nitrogens with zero attached hydrogens (tertiary/aromatic N) is 5. The van der Waals surface area contributed by atoms with Crippen LogP contribution in [0.4, 0.5) is 5.13 Å². The highest BCUT2D eigenvalue weighted by Gasteiger charge is 2.18. The Morgan fingerprint density at radius 2 is 2.17 bits per heavy atom. The molecule has 124 valence electrons. The highest BCUT2D eigenvalue weighted by molar-refractivity contribution is 7.13. The van der Waals surface area contributed by atoms with Gasteiger partial charge in [-0.3, -0.25) is 14.6 Å². The Kier molecular flexibility index (Phi) is 5.31. The van der Waals surface area contributed by atoms with Crippen molar-refractivity contribution in [2.24, 2.45) is 0 Å². The molecule has 0 spiro atoms. The third-order valence-electron chi connectivity index (χ3n) is 3.66. The molecule has 23 heavy (non-hydrogen) atoms. The van der Waals surface area contributed by atoms with Gasteiger partial charge in [-0.25, -0.2) is 4.98 Å². The SMILES string of the molecule is Cc1nc(CN2CCCN(CC(=O)Nc3nccs3)CC2)no1. The van der Waals surface area contributed by atoms with Gasteiger partial charge in [0.15, 0.2) is 11.0 Å². The Morgan fingerprint density at radius 1 is 1.35 bits per heavy atom. The highest BCUT2D eigenvalue weighted by atomic mass is 32.1. The van der Waals surface area contributed by atoms with Crippen molar-refractivity contribution in [3.8, 4) is 0 Å². The van der Waals surface area contributed by atoms with E-state index in [4.69, 9.17) is 4.52 Å². The summed E-state index contributed by atoms with van der Waals surface area (Å²) < 4.78 is 5.00. The third kappa shape index (κ3) is 4.81. The lowest BCUT2D eigenvalue weighted by Crippen LogP contribution is -2.36. The summed E-state index contributed by atoms with van der Waals surface area (Å²) in [7, 11) is 0. The lowest BCUT2D eigenvalue weighted by molar-refractivity contribution is -0.117. The maximum atomic E-state index is 12.0. The van der Waals surface area contributed by atoms with Crippen LogP contribution in [0.2, 0.25) is 0 Å². The summed E-state index contributed by atoms with van der Waals surface area (Å²) in [5, 5.41) is 9.26. The Balaban J connectivity index is 1.45. The van der Waals surface area contributed by atoms with Crippen molar-refractivity contribution >= 4 is 22.4 Å². The molecule has 0 bridgehead atoms. The quantitative estimate of drug-likeness (QED) is 0.871. The molecule has 0 aromatic carbocycles. The smallest absolute Gasteiger partial charge is 0.240 e. The molecule has 3 rings (SSSR count). The first kappa shape index (κ1) is 16.0. The minimum atomic E-state index is -0.0119. The van der Waals surface area contributed by atoms with E-state index in [1.165, 1.54) is 11.3 Å². The summed E-state index contributed by atoms with van der Waals surface area (Å²) in [5.41, 5.74) is 0. The van der Waals surface area contributed by atoms with E-state index in [2.05, 4.69) is 30.2 Å². The maximum Gasteiger partial charge on any atom is 0.240 e. The summed E-state index contributed by atoms with van der Waals surface area (Å²) >= 11 is 1.43. The molecule has 1 N–H and O–H groups in total. The lowest BCUT2D eigenvalue weighted by Gasteiger charge is -2.20. The lowest BCUT2D eigenvalue weighted by atomic mass is 10.3. The van der Waals surface area contributed by atoms with Gasteiger partial charge < -0.3 is 9.84 Å². The van der Waals surface area contributed by atoms with Gasteiger partial charge >= 0.3 is 0 Å². The average Bonchev–Trinajstić information content (AvgIpc) is 3.10. The van der Waals surface area contributed by atoms with Crippen LogP contribution >= 0.6 is 11.3 Å². The zero-order valence-electron chi connectivity index (χ0n) is 13.1. The number of aryl methyl sites for hydroxylation is 1. The number of carbonyl (C=O) groups is 1. The normalized spacial score (nSPS) is 17.1. The molecule has 1 aliphatic heterocycles. The van der Waals surface area contributed by atoms with Crippen LogP contribution < -0.4 is 5.32 Å². The van der Waals surface area contributed by atoms with Gasteiger partial charge in [0.1, 0.15) is 0 Å². The standard InChI is InChI=1S/C14H20N6O2S/c1-11-16-12(18-22-11)9-19-4-2-5-20(7-6-19)10-13(21)17-14-15-3-8-23-14/h3,8H,2,4-7,9-10H2,1H3,(H,15,17,21). The molecule has 0 radical (unpaired) electrons. The van der Waals surface area contributed by atoms with Gasteiger partial charge in [-0.05, 0) is 19.5 Å². The van der Waals surface area contributed by atoms with Gasteiger partial charge in [-0.1, -0.05) is 5.16 Å². The van der Waals surface area contributed by atoms with Crippen molar-refractivity contribution in [2.75, 3.05) is 38.0 Å². The number of carbonyl (C=O) groups excluding carboxylic acids is 1. The monoisotopic (exact) mass is 336 g/mol. The van der Waals surface area contributed by atoms with E-state index in [1.807, 2.05) is 5.38 Å². The second kappa shape index (κ2) is 7.62. The minimum Gasteiger partial charge on any atom is -0.340 e. The number of nitrogens with one attached hydrogen (secondary N) is 1. The molecule has 9 heteroatoms. The van der Waals surface area contributed by atoms with Gasteiger partial charge in [0, 0.05) is 31.6 Å². The molecule has 2 aromatic heterocycles. The topological polar surface area (TPSA) is 87.4 Å². The van der Waals surface area contributed by atoms with E-state index in [0.29, 0.717) is 24.1 Å². The molecule has 1 fully saturated rings. The van der Waals surface area contributed by atoms with Crippen molar-refractivity contribution in [2.45, 2.75) is 19.9 Å². The van der Waals surface area contributed by atoms with Crippen molar-refractivity contribution in [3.63, 3.8) is 0 Å². The van der Waals surface area contributed by atoms with Gasteiger partial charge in [-0.15, -0.1) is 11.3 Å². The number of thiazole rings is 1.